The third-order valence-corrected chi connectivity index (χ3v) is 7.71. The molecule has 4 rings (SSSR count). The highest BCUT2D eigenvalue weighted by Gasteiger charge is 2.36. The van der Waals surface area contributed by atoms with Crippen LogP contribution in [0.2, 0.25) is 5.02 Å². The molecule has 1 heterocycles. The molecule has 0 unspecified atom stereocenters. The van der Waals surface area contributed by atoms with Gasteiger partial charge in [0.25, 0.3) is 15.9 Å². The van der Waals surface area contributed by atoms with Crippen LogP contribution in [0, 0.1) is 0 Å². The number of halogens is 1. The Balaban J connectivity index is 1.57. The summed E-state index contributed by atoms with van der Waals surface area (Å²) in [6.07, 6.45) is 0.551. The van der Waals surface area contributed by atoms with Gasteiger partial charge in [-0.15, -0.1) is 0 Å². The largest absolute Gasteiger partial charge is 0.346 e. The maximum absolute atomic E-state index is 13.2. The van der Waals surface area contributed by atoms with Crippen LogP contribution in [0.1, 0.15) is 41.4 Å². The minimum Gasteiger partial charge on any atom is -0.346 e. The lowest BCUT2D eigenvalue weighted by molar-refractivity contribution is 0.0940. The zero-order valence-electron chi connectivity index (χ0n) is 17.2. The monoisotopic (exact) mass is 454 g/mol. The zero-order chi connectivity index (χ0) is 22.2. The number of hydrogen-bond acceptors (Lipinski definition) is 3. The van der Waals surface area contributed by atoms with Crippen molar-refractivity contribution in [1.82, 2.24) is 5.32 Å². The minimum absolute atomic E-state index is 0.188. The van der Waals surface area contributed by atoms with E-state index in [1.807, 2.05) is 26.0 Å². The molecule has 1 amide bonds. The molecule has 31 heavy (non-hydrogen) atoms. The Morgan fingerprint density at radius 1 is 1.06 bits per heavy atom. The van der Waals surface area contributed by atoms with Gasteiger partial charge in [-0.3, -0.25) is 9.10 Å². The molecule has 3 aromatic carbocycles. The number of rotatable bonds is 5. The average molecular weight is 455 g/mol. The average Bonchev–Trinajstić information content (AvgIpc) is 3.10. The van der Waals surface area contributed by atoms with E-state index in [0.717, 1.165) is 11.1 Å². The fraction of sp³-hybridized carbons (Fsp3) is 0.208. The molecule has 0 bridgehead atoms. The standard InChI is InChI=1S/C24H23ClN2O3S/c1-16-14-20-15-19(24(28)26-17(2)18-8-11-21(25)12-9-18)10-13-23(20)27(16)31(29,30)22-6-4-3-5-7-22/h3-13,15-17H,14H2,1-2H3,(H,26,28)/t16-,17-/m0/s1. The maximum Gasteiger partial charge on any atom is 0.264 e. The van der Waals surface area contributed by atoms with E-state index in [-0.39, 0.29) is 22.9 Å². The topological polar surface area (TPSA) is 66.5 Å². The summed E-state index contributed by atoms with van der Waals surface area (Å²) in [6.45, 7) is 3.79. The molecular weight excluding hydrogens is 432 g/mol. The van der Waals surface area contributed by atoms with Crippen molar-refractivity contribution in [1.29, 1.82) is 0 Å². The van der Waals surface area contributed by atoms with Crippen LogP contribution in [0.4, 0.5) is 5.69 Å². The lowest BCUT2D eigenvalue weighted by Crippen LogP contribution is -2.35. The molecule has 0 radical (unpaired) electrons. The predicted octanol–water partition coefficient (Wildman–Crippen LogP) is 4.97. The number of carbonyl (C=O) groups is 1. The van der Waals surface area contributed by atoms with Crippen molar-refractivity contribution in [2.75, 3.05) is 4.31 Å². The first-order valence-corrected chi connectivity index (χ1v) is 11.9. The van der Waals surface area contributed by atoms with Gasteiger partial charge in [0, 0.05) is 16.6 Å². The lowest BCUT2D eigenvalue weighted by atomic mass is 10.0. The summed E-state index contributed by atoms with van der Waals surface area (Å²) in [6, 6.07) is 20.5. The quantitative estimate of drug-likeness (QED) is 0.591. The van der Waals surface area contributed by atoms with Gasteiger partial charge in [-0.05, 0) is 73.9 Å². The van der Waals surface area contributed by atoms with Crippen LogP contribution in [0.3, 0.4) is 0 Å². The van der Waals surface area contributed by atoms with Gasteiger partial charge in [-0.1, -0.05) is 41.9 Å². The van der Waals surface area contributed by atoms with Crippen LogP contribution in [-0.4, -0.2) is 20.4 Å². The summed E-state index contributed by atoms with van der Waals surface area (Å²) in [5, 5.41) is 3.63. The second kappa shape index (κ2) is 8.36. The van der Waals surface area contributed by atoms with E-state index in [1.165, 1.54) is 4.31 Å². The van der Waals surface area contributed by atoms with Gasteiger partial charge in [0.15, 0.2) is 0 Å². The van der Waals surface area contributed by atoms with Crippen LogP contribution in [0.5, 0.6) is 0 Å². The molecular formula is C24H23ClN2O3S. The van der Waals surface area contributed by atoms with Gasteiger partial charge >= 0.3 is 0 Å². The molecule has 0 aliphatic carbocycles. The van der Waals surface area contributed by atoms with Crippen LogP contribution in [0.25, 0.3) is 0 Å². The fourth-order valence-corrected chi connectivity index (χ4v) is 5.77. The second-order valence-electron chi connectivity index (χ2n) is 7.76. The van der Waals surface area contributed by atoms with Crippen molar-refractivity contribution in [2.24, 2.45) is 0 Å². The van der Waals surface area contributed by atoms with Gasteiger partial charge in [0.05, 0.1) is 16.6 Å². The maximum atomic E-state index is 13.2. The number of carbonyl (C=O) groups excluding carboxylic acids is 1. The Hall–Kier alpha value is -2.83. The normalized spacial score (nSPS) is 16.6. The molecule has 1 aliphatic heterocycles. The summed E-state index contributed by atoms with van der Waals surface area (Å²) in [5.74, 6) is -0.206. The highest BCUT2D eigenvalue weighted by molar-refractivity contribution is 7.92. The van der Waals surface area contributed by atoms with Crippen LogP contribution in [0.15, 0.2) is 77.7 Å². The second-order valence-corrected chi connectivity index (χ2v) is 10.0. The predicted molar refractivity (Wildman–Crippen MR) is 123 cm³/mol. The van der Waals surface area contributed by atoms with Crippen molar-refractivity contribution in [3.63, 3.8) is 0 Å². The summed E-state index contributed by atoms with van der Waals surface area (Å²) in [4.78, 5) is 13.1. The molecule has 3 aromatic rings. The Kier molecular flexibility index (Phi) is 5.77. The first-order valence-electron chi connectivity index (χ1n) is 10.1. The van der Waals surface area contributed by atoms with Crippen molar-refractivity contribution in [3.8, 4) is 0 Å². The summed E-state index contributed by atoms with van der Waals surface area (Å²) < 4.78 is 27.8. The van der Waals surface area contributed by atoms with Gasteiger partial charge in [0.2, 0.25) is 0 Å². The fourth-order valence-electron chi connectivity index (χ4n) is 3.93. The Bertz CT molecular complexity index is 1210. The minimum atomic E-state index is -3.67. The van der Waals surface area contributed by atoms with E-state index in [9.17, 15) is 13.2 Å². The molecule has 1 N–H and O–H groups in total. The number of sulfonamides is 1. The Labute approximate surface area is 187 Å². The molecule has 0 saturated carbocycles. The number of hydrogen-bond donors (Lipinski definition) is 1. The van der Waals surface area contributed by atoms with Gasteiger partial charge in [-0.2, -0.15) is 0 Å². The first-order chi connectivity index (χ1) is 14.8. The summed E-state index contributed by atoms with van der Waals surface area (Å²) in [5.41, 5.74) is 2.93. The molecule has 0 aromatic heterocycles. The SMILES string of the molecule is C[C@H](NC(=O)c1ccc2c(c1)C[C@H](C)N2S(=O)(=O)c1ccccc1)c1ccc(Cl)cc1. The van der Waals surface area contributed by atoms with Gasteiger partial charge in [0.1, 0.15) is 0 Å². The smallest absolute Gasteiger partial charge is 0.264 e. The zero-order valence-corrected chi connectivity index (χ0v) is 18.8. The Morgan fingerprint density at radius 3 is 2.42 bits per heavy atom. The molecule has 0 spiro atoms. The summed E-state index contributed by atoms with van der Waals surface area (Å²) >= 11 is 5.93. The molecule has 0 saturated heterocycles. The van der Waals surface area contributed by atoms with Crippen molar-refractivity contribution < 1.29 is 13.2 Å². The van der Waals surface area contributed by atoms with E-state index in [4.69, 9.17) is 11.6 Å². The highest BCUT2D eigenvalue weighted by Crippen LogP contribution is 2.37. The highest BCUT2D eigenvalue weighted by atomic mass is 35.5. The van der Waals surface area contributed by atoms with Crippen molar-refractivity contribution in [2.45, 2.75) is 37.2 Å². The van der Waals surface area contributed by atoms with Crippen molar-refractivity contribution >= 4 is 33.2 Å². The van der Waals surface area contributed by atoms with E-state index >= 15 is 0 Å². The van der Waals surface area contributed by atoms with Gasteiger partial charge in [-0.25, -0.2) is 8.42 Å². The number of nitrogens with zero attached hydrogens (tertiary/aromatic N) is 1. The van der Waals surface area contributed by atoms with Crippen LogP contribution >= 0.6 is 11.6 Å². The first kappa shape index (κ1) is 21.4. The number of benzene rings is 3. The molecule has 2 atom stereocenters. The van der Waals surface area contributed by atoms with Gasteiger partial charge < -0.3 is 5.32 Å². The molecule has 5 nitrogen and oxygen atoms in total. The van der Waals surface area contributed by atoms with E-state index in [2.05, 4.69) is 5.32 Å². The number of fused-ring (bicyclic) bond motifs is 1. The molecule has 0 fully saturated rings. The number of anilines is 1. The summed E-state index contributed by atoms with van der Waals surface area (Å²) in [7, 11) is -3.67. The van der Waals surface area contributed by atoms with Crippen LogP contribution < -0.4 is 9.62 Å². The van der Waals surface area contributed by atoms with Crippen LogP contribution in [-0.2, 0) is 16.4 Å². The molecule has 7 heteroatoms. The van der Waals surface area contributed by atoms with E-state index < -0.39 is 10.0 Å². The third kappa shape index (κ3) is 4.18. The van der Waals surface area contributed by atoms with Crippen molar-refractivity contribution in [3.05, 3.63) is 94.5 Å². The number of amides is 1. The van der Waals surface area contributed by atoms with E-state index in [0.29, 0.717) is 22.7 Å². The molecule has 1 aliphatic rings. The van der Waals surface area contributed by atoms with E-state index in [1.54, 1.807) is 60.7 Å². The number of nitrogens with one attached hydrogen (secondary N) is 1. The molecule has 160 valence electrons. The Morgan fingerprint density at radius 2 is 1.74 bits per heavy atom. The third-order valence-electron chi connectivity index (χ3n) is 5.51. The lowest BCUT2D eigenvalue weighted by Gasteiger charge is -2.24.